The Balaban J connectivity index is 2.00. The fourth-order valence-corrected chi connectivity index (χ4v) is 3.12. The van der Waals surface area contributed by atoms with Crippen LogP contribution in [0.1, 0.15) is 56.3 Å². The highest BCUT2D eigenvalue weighted by molar-refractivity contribution is 5.94. The van der Waals surface area contributed by atoms with Gasteiger partial charge in [-0.05, 0) is 38.8 Å². The number of carbonyl (C=O) groups is 3. The average Bonchev–Trinajstić information content (AvgIpc) is 2.80. The highest BCUT2D eigenvalue weighted by Gasteiger charge is 2.31. The van der Waals surface area contributed by atoms with Gasteiger partial charge >= 0.3 is 5.97 Å². The third-order valence-electron chi connectivity index (χ3n) is 4.58. The first kappa shape index (κ1) is 19.0. The van der Waals surface area contributed by atoms with Crippen LogP contribution in [0.3, 0.4) is 0 Å². The van der Waals surface area contributed by atoms with Crippen molar-refractivity contribution in [2.75, 3.05) is 0 Å². The molecule has 3 atom stereocenters. The number of hydrogen-bond donors (Lipinski definition) is 2. The summed E-state index contributed by atoms with van der Waals surface area (Å²) in [5.74, 6) is -1.41. The van der Waals surface area contributed by atoms with Crippen LogP contribution < -0.4 is 10.1 Å². The lowest BCUT2D eigenvalue weighted by atomic mass is 9.94. The number of amides is 1. The normalized spacial score (nSPS) is 21.7. The molecule has 1 aromatic carbocycles. The molecule has 25 heavy (non-hydrogen) atoms. The molecular weight excluding hydrogens is 322 g/mol. The second-order valence-electron chi connectivity index (χ2n) is 6.54. The molecule has 0 saturated heterocycles. The van der Waals surface area contributed by atoms with E-state index in [1.807, 2.05) is 0 Å². The smallest absolute Gasteiger partial charge is 0.308 e. The van der Waals surface area contributed by atoms with Crippen LogP contribution in [0.25, 0.3) is 0 Å². The molecule has 1 aliphatic carbocycles. The van der Waals surface area contributed by atoms with Gasteiger partial charge in [-0.25, -0.2) is 0 Å². The maximum Gasteiger partial charge on any atom is 0.308 e. The maximum absolute atomic E-state index is 12.4. The number of rotatable bonds is 6. The van der Waals surface area contributed by atoms with Crippen molar-refractivity contribution >= 4 is 17.7 Å². The number of nitrogens with one attached hydrogen (secondary N) is 1. The van der Waals surface area contributed by atoms with Crippen LogP contribution in [0, 0.1) is 5.92 Å². The zero-order valence-corrected chi connectivity index (χ0v) is 14.7. The second-order valence-corrected chi connectivity index (χ2v) is 6.54. The first-order valence-electron chi connectivity index (χ1n) is 8.69. The summed E-state index contributed by atoms with van der Waals surface area (Å²) >= 11 is 0. The molecule has 2 rings (SSSR count). The minimum atomic E-state index is -0.866. The van der Waals surface area contributed by atoms with E-state index in [0.29, 0.717) is 24.2 Å². The van der Waals surface area contributed by atoms with Crippen LogP contribution in [-0.2, 0) is 9.59 Å². The number of carboxylic acids is 1. The summed E-state index contributed by atoms with van der Waals surface area (Å²) < 4.78 is 5.62. The Kier molecular flexibility index (Phi) is 6.56. The summed E-state index contributed by atoms with van der Waals surface area (Å²) in [6, 6.07) is 6.28. The zero-order chi connectivity index (χ0) is 18.4. The summed E-state index contributed by atoms with van der Waals surface area (Å²) in [6.45, 7) is 3.08. The number of aliphatic carboxylic acids is 1. The quantitative estimate of drug-likeness (QED) is 0.610. The topological polar surface area (TPSA) is 92.7 Å². The van der Waals surface area contributed by atoms with Crippen LogP contribution in [-0.4, -0.2) is 34.9 Å². The molecule has 0 aromatic heterocycles. The SMILES string of the molecule is CC(=O)c1cccc(OC(C)C(=O)N[C@H]2CCCCC[C@H]2C(=O)O)c1. The average molecular weight is 347 g/mol. The maximum atomic E-state index is 12.4. The Bertz CT molecular complexity index is 642. The Morgan fingerprint density at radius 1 is 1.20 bits per heavy atom. The molecule has 1 aliphatic rings. The molecule has 0 spiro atoms. The van der Waals surface area contributed by atoms with Crippen molar-refractivity contribution in [3.8, 4) is 5.75 Å². The largest absolute Gasteiger partial charge is 0.481 e. The zero-order valence-electron chi connectivity index (χ0n) is 14.7. The van der Waals surface area contributed by atoms with E-state index in [0.717, 1.165) is 19.3 Å². The van der Waals surface area contributed by atoms with Gasteiger partial charge in [-0.1, -0.05) is 31.4 Å². The lowest BCUT2D eigenvalue weighted by molar-refractivity contribution is -0.143. The molecule has 0 bridgehead atoms. The van der Waals surface area contributed by atoms with E-state index in [4.69, 9.17) is 4.74 Å². The van der Waals surface area contributed by atoms with E-state index in [-0.39, 0.29) is 17.7 Å². The Labute approximate surface area is 147 Å². The van der Waals surface area contributed by atoms with Crippen molar-refractivity contribution in [3.63, 3.8) is 0 Å². The third kappa shape index (κ3) is 5.31. The standard InChI is InChI=1S/C19H25NO5/c1-12(21)14-7-6-8-15(11-14)25-13(2)18(22)20-17-10-5-3-4-9-16(17)19(23)24/h6-8,11,13,16-17H,3-5,9-10H2,1-2H3,(H,20,22)(H,23,24)/t13?,16-,17+/m1/s1. The lowest BCUT2D eigenvalue weighted by Gasteiger charge is -2.25. The lowest BCUT2D eigenvalue weighted by Crippen LogP contribution is -2.47. The molecule has 0 radical (unpaired) electrons. The molecule has 1 fully saturated rings. The molecule has 136 valence electrons. The number of ketones is 1. The summed E-state index contributed by atoms with van der Waals surface area (Å²) in [4.78, 5) is 35.3. The van der Waals surface area contributed by atoms with Crippen LogP contribution in [0.15, 0.2) is 24.3 Å². The van der Waals surface area contributed by atoms with Gasteiger partial charge in [-0.3, -0.25) is 14.4 Å². The van der Waals surface area contributed by atoms with Gasteiger partial charge < -0.3 is 15.2 Å². The van der Waals surface area contributed by atoms with Crippen LogP contribution in [0.4, 0.5) is 0 Å². The second kappa shape index (κ2) is 8.65. The summed E-state index contributed by atoms with van der Waals surface area (Å²) in [5, 5.41) is 12.2. The molecule has 1 amide bonds. The van der Waals surface area contributed by atoms with Gasteiger partial charge in [0.2, 0.25) is 0 Å². The van der Waals surface area contributed by atoms with E-state index in [1.54, 1.807) is 31.2 Å². The van der Waals surface area contributed by atoms with Crippen molar-refractivity contribution in [1.29, 1.82) is 0 Å². The van der Waals surface area contributed by atoms with E-state index in [9.17, 15) is 19.5 Å². The van der Waals surface area contributed by atoms with Gasteiger partial charge in [0.1, 0.15) is 5.75 Å². The van der Waals surface area contributed by atoms with Gasteiger partial charge in [0.05, 0.1) is 5.92 Å². The molecule has 1 saturated carbocycles. The van der Waals surface area contributed by atoms with E-state index in [1.165, 1.54) is 6.92 Å². The fraction of sp³-hybridized carbons (Fsp3) is 0.526. The van der Waals surface area contributed by atoms with E-state index < -0.39 is 18.0 Å². The number of carboxylic acid groups (broad SMARTS) is 1. The van der Waals surface area contributed by atoms with Crippen molar-refractivity contribution in [2.45, 2.75) is 58.1 Å². The molecular formula is C19H25NO5. The number of carbonyl (C=O) groups excluding carboxylic acids is 2. The van der Waals surface area contributed by atoms with Gasteiger partial charge in [0.15, 0.2) is 11.9 Å². The van der Waals surface area contributed by atoms with E-state index >= 15 is 0 Å². The number of benzene rings is 1. The predicted octanol–water partition coefficient (Wildman–Crippen LogP) is 2.81. The van der Waals surface area contributed by atoms with Crippen molar-refractivity contribution < 1.29 is 24.2 Å². The van der Waals surface area contributed by atoms with E-state index in [2.05, 4.69) is 5.32 Å². The van der Waals surface area contributed by atoms with Gasteiger partial charge in [-0.15, -0.1) is 0 Å². The molecule has 1 aromatic rings. The van der Waals surface area contributed by atoms with Gasteiger partial charge in [0.25, 0.3) is 5.91 Å². The Hall–Kier alpha value is -2.37. The van der Waals surface area contributed by atoms with Gasteiger partial charge in [0, 0.05) is 11.6 Å². The molecule has 6 heteroatoms. The summed E-state index contributed by atoms with van der Waals surface area (Å²) in [5.41, 5.74) is 0.514. The van der Waals surface area contributed by atoms with Crippen molar-refractivity contribution in [2.24, 2.45) is 5.92 Å². The molecule has 2 N–H and O–H groups in total. The van der Waals surface area contributed by atoms with Crippen LogP contribution in [0.2, 0.25) is 0 Å². The molecule has 6 nitrogen and oxygen atoms in total. The highest BCUT2D eigenvalue weighted by atomic mass is 16.5. The van der Waals surface area contributed by atoms with Crippen LogP contribution >= 0.6 is 0 Å². The third-order valence-corrected chi connectivity index (χ3v) is 4.58. The van der Waals surface area contributed by atoms with Crippen molar-refractivity contribution in [1.82, 2.24) is 5.32 Å². The summed E-state index contributed by atoms with van der Waals surface area (Å²) in [7, 11) is 0. The predicted molar refractivity (Wildman–Crippen MR) is 92.7 cm³/mol. The Morgan fingerprint density at radius 2 is 1.92 bits per heavy atom. The molecule has 1 unspecified atom stereocenters. The molecule has 0 aliphatic heterocycles. The van der Waals surface area contributed by atoms with Crippen molar-refractivity contribution in [3.05, 3.63) is 29.8 Å². The van der Waals surface area contributed by atoms with Gasteiger partial charge in [-0.2, -0.15) is 0 Å². The first-order chi connectivity index (χ1) is 11.9. The van der Waals surface area contributed by atoms with Crippen LogP contribution in [0.5, 0.6) is 5.75 Å². The minimum absolute atomic E-state index is 0.0784. The first-order valence-corrected chi connectivity index (χ1v) is 8.69. The summed E-state index contributed by atoms with van der Waals surface area (Å²) in [6.07, 6.45) is 3.23. The number of Topliss-reactive ketones (excluding diaryl/α,β-unsaturated/α-hetero) is 1. The Morgan fingerprint density at radius 3 is 2.60 bits per heavy atom. The fourth-order valence-electron chi connectivity index (χ4n) is 3.12. The number of ether oxygens (including phenoxy) is 1. The highest BCUT2D eigenvalue weighted by Crippen LogP contribution is 2.24. The minimum Gasteiger partial charge on any atom is -0.481 e. The number of hydrogen-bond acceptors (Lipinski definition) is 4. The monoisotopic (exact) mass is 347 g/mol. The molecule has 0 heterocycles.